The Morgan fingerprint density at radius 2 is 1.77 bits per heavy atom. The van der Waals surface area contributed by atoms with E-state index in [0.29, 0.717) is 21.4 Å². The molecule has 30 heavy (non-hydrogen) atoms. The first kappa shape index (κ1) is 24.0. The summed E-state index contributed by atoms with van der Waals surface area (Å²) in [5.74, 6) is 0.0571. The Hall–Kier alpha value is -2.24. The smallest absolute Gasteiger partial charge is 0.261 e. The fourth-order valence-electron chi connectivity index (χ4n) is 2.74. The number of benzene rings is 2. The number of carbonyl (C=O) groups excluding carboxylic acids is 2. The highest BCUT2D eigenvalue weighted by Gasteiger charge is 2.27. The van der Waals surface area contributed by atoms with Crippen LogP contribution in [0.25, 0.3) is 0 Å². The lowest BCUT2D eigenvalue weighted by atomic mass is 10.1. The van der Waals surface area contributed by atoms with Crippen LogP contribution in [-0.2, 0) is 16.1 Å². The highest BCUT2D eigenvalue weighted by atomic mass is 35.5. The van der Waals surface area contributed by atoms with Crippen LogP contribution >= 0.6 is 23.2 Å². The molecule has 0 fully saturated rings. The molecule has 0 unspecified atom stereocenters. The standard InChI is InChI=1S/C23H28Cl2N2O3/c1-5-16(3)26-23(29)17(4)27(13-18-8-9-19(24)12-21(18)25)22(28)14-30-20-10-6-15(2)7-11-20/h6-12,16-17H,5,13-14H2,1-4H3,(H,26,29)/t16-,17-/m0/s1. The monoisotopic (exact) mass is 450 g/mol. The summed E-state index contributed by atoms with van der Waals surface area (Å²) in [5.41, 5.74) is 1.80. The van der Waals surface area contributed by atoms with Crippen molar-refractivity contribution in [1.29, 1.82) is 0 Å². The second kappa shape index (κ2) is 11.2. The molecular formula is C23H28Cl2N2O3. The van der Waals surface area contributed by atoms with Crippen LogP contribution in [0, 0.1) is 6.92 Å². The van der Waals surface area contributed by atoms with Crippen LogP contribution < -0.4 is 10.1 Å². The molecule has 2 amide bonds. The minimum Gasteiger partial charge on any atom is -0.484 e. The average molecular weight is 451 g/mol. The van der Waals surface area contributed by atoms with Gasteiger partial charge >= 0.3 is 0 Å². The third-order valence-electron chi connectivity index (χ3n) is 4.91. The molecule has 0 heterocycles. The van der Waals surface area contributed by atoms with Crippen molar-refractivity contribution in [3.05, 3.63) is 63.6 Å². The van der Waals surface area contributed by atoms with Gasteiger partial charge in [0.1, 0.15) is 11.8 Å². The molecule has 0 spiro atoms. The van der Waals surface area contributed by atoms with Gasteiger partial charge in [0.15, 0.2) is 6.61 Å². The van der Waals surface area contributed by atoms with E-state index in [1.165, 1.54) is 4.90 Å². The van der Waals surface area contributed by atoms with E-state index < -0.39 is 6.04 Å². The van der Waals surface area contributed by atoms with Gasteiger partial charge in [-0.25, -0.2) is 0 Å². The van der Waals surface area contributed by atoms with E-state index in [0.717, 1.165) is 12.0 Å². The van der Waals surface area contributed by atoms with E-state index in [9.17, 15) is 9.59 Å². The Morgan fingerprint density at radius 1 is 1.10 bits per heavy atom. The quantitative estimate of drug-likeness (QED) is 0.583. The maximum absolute atomic E-state index is 13.0. The first-order valence-corrected chi connectivity index (χ1v) is 10.7. The van der Waals surface area contributed by atoms with E-state index in [4.69, 9.17) is 27.9 Å². The minimum absolute atomic E-state index is 0.0137. The Morgan fingerprint density at radius 3 is 2.37 bits per heavy atom. The van der Waals surface area contributed by atoms with Crippen LogP contribution in [0.3, 0.4) is 0 Å². The number of hydrogen-bond donors (Lipinski definition) is 1. The predicted molar refractivity (Wildman–Crippen MR) is 121 cm³/mol. The molecule has 162 valence electrons. The summed E-state index contributed by atoms with van der Waals surface area (Å²) in [7, 11) is 0. The van der Waals surface area contributed by atoms with E-state index in [2.05, 4.69) is 5.32 Å². The molecule has 2 rings (SSSR count). The fourth-order valence-corrected chi connectivity index (χ4v) is 3.21. The lowest BCUT2D eigenvalue weighted by Crippen LogP contribution is -2.50. The van der Waals surface area contributed by atoms with Gasteiger partial charge in [0.2, 0.25) is 5.91 Å². The molecule has 5 nitrogen and oxygen atoms in total. The predicted octanol–water partition coefficient (Wildman–Crippen LogP) is 5.01. The summed E-state index contributed by atoms with van der Waals surface area (Å²) in [5, 5.41) is 3.87. The Kier molecular flexibility index (Phi) is 9.00. The van der Waals surface area contributed by atoms with Crippen LogP contribution in [0.15, 0.2) is 42.5 Å². The van der Waals surface area contributed by atoms with Crippen molar-refractivity contribution in [2.45, 2.75) is 52.7 Å². The summed E-state index contributed by atoms with van der Waals surface area (Å²) in [4.78, 5) is 27.2. The van der Waals surface area contributed by atoms with Crippen molar-refractivity contribution in [2.24, 2.45) is 0 Å². The van der Waals surface area contributed by atoms with E-state index in [-0.39, 0.29) is 31.0 Å². The van der Waals surface area contributed by atoms with E-state index in [1.54, 1.807) is 25.1 Å². The Balaban J connectivity index is 2.18. The number of nitrogens with one attached hydrogen (secondary N) is 1. The van der Waals surface area contributed by atoms with Gasteiger partial charge < -0.3 is 15.0 Å². The molecule has 0 aromatic heterocycles. The van der Waals surface area contributed by atoms with Gasteiger partial charge in [-0.2, -0.15) is 0 Å². The third-order valence-corrected chi connectivity index (χ3v) is 5.49. The highest BCUT2D eigenvalue weighted by Crippen LogP contribution is 2.23. The first-order valence-electron chi connectivity index (χ1n) is 9.94. The average Bonchev–Trinajstić information content (AvgIpc) is 2.72. The minimum atomic E-state index is -0.695. The molecule has 2 aromatic carbocycles. The fraction of sp³-hybridized carbons (Fsp3) is 0.391. The summed E-state index contributed by atoms with van der Waals surface area (Å²) < 4.78 is 5.65. The molecule has 0 saturated heterocycles. The number of nitrogens with zero attached hydrogens (tertiary/aromatic N) is 1. The maximum atomic E-state index is 13.0. The summed E-state index contributed by atoms with van der Waals surface area (Å²) in [6, 6.07) is 11.8. The van der Waals surface area contributed by atoms with Crippen molar-refractivity contribution >= 4 is 35.0 Å². The van der Waals surface area contributed by atoms with Gasteiger partial charge in [-0.15, -0.1) is 0 Å². The third kappa shape index (κ3) is 6.92. The lowest BCUT2D eigenvalue weighted by Gasteiger charge is -2.30. The Bertz CT molecular complexity index is 871. The van der Waals surface area contributed by atoms with Gasteiger partial charge in [0.05, 0.1) is 0 Å². The van der Waals surface area contributed by atoms with Gasteiger partial charge in [0, 0.05) is 22.6 Å². The number of hydrogen-bond acceptors (Lipinski definition) is 3. The molecule has 2 aromatic rings. The molecule has 0 radical (unpaired) electrons. The normalized spacial score (nSPS) is 12.7. The van der Waals surface area contributed by atoms with Gasteiger partial charge in [-0.05, 0) is 57.0 Å². The maximum Gasteiger partial charge on any atom is 0.261 e. The zero-order valence-electron chi connectivity index (χ0n) is 17.7. The number of rotatable bonds is 9. The van der Waals surface area contributed by atoms with E-state index in [1.807, 2.05) is 45.0 Å². The first-order chi connectivity index (χ1) is 14.2. The second-order valence-electron chi connectivity index (χ2n) is 7.35. The molecular weight excluding hydrogens is 423 g/mol. The molecule has 0 aliphatic rings. The van der Waals surface area contributed by atoms with Crippen molar-refractivity contribution < 1.29 is 14.3 Å². The van der Waals surface area contributed by atoms with Crippen molar-refractivity contribution in [2.75, 3.05) is 6.61 Å². The summed E-state index contributed by atoms with van der Waals surface area (Å²) >= 11 is 12.3. The topological polar surface area (TPSA) is 58.6 Å². The SMILES string of the molecule is CC[C@H](C)NC(=O)[C@H](C)N(Cc1ccc(Cl)cc1Cl)C(=O)COc1ccc(C)cc1. The second-order valence-corrected chi connectivity index (χ2v) is 8.20. The number of carbonyl (C=O) groups is 2. The highest BCUT2D eigenvalue weighted by molar-refractivity contribution is 6.35. The number of halogens is 2. The van der Waals surface area contributed by atoms with Crippen molar-refractivity contribution in [3.63, 3.8) is 0 Å². The van der Waals surface area contributed by atoms with Gasteiger partial charge in [-0.3, -0.25) is 9.59 Å². The molecule has 2 atom stereocenters. The van der Waals surface area contributed by atoms with Crippen molar-refractivity contribution in [1.82, 2.24) is 10.2 Å². The van der Waals surface area contributed by atoms with Crippen LogP contribution in [0.2, 0.25) is 10.0 Å². The number of ether oxygens (including phenoxy) is 1. The molecule has 0 aliphatic carbocycles. The lowest BCUT2D eigenvalue weighted by molar-refractivity contribution is -0.142. The van der Waals surface area contributed by atoms with Crippen LogP contribution in [-0.4, -0.2) is 35.4 Å². The van der Waals surface area contributed by atoms with Crippen LogP contribution in [0.5, 0.6) is 5.75 Å². The number of aryl methyl sites for hydroxylation is 1. The van der Waals surface area contributed by atoms with Crippen LogP contribution in [0.1, 0.15) is 38.3 Å². The van der Waals surface area contributed by atoms with Gasteiger partial charge in [-0.1, -0.05) is 53.9 Å². The summed E-state index contributed by atoms with van der Waals surface area (Å²) in [6.07, 6.45) is 0.798. The zero-order valence-corrected chi connectivity index (χ0v) is 19.3. The van der Waals surface area contributed by atoms with Crippen LogP contribution in [0.4, 0.5) is 0 Å². The molecule has 1 N–H and O–H groups in total. The van der Waals surface area contributed by atoms with Crippen molar-refractivity contribution in [3.8, 4) is 5.75 Å². The zero-order chi connectivity index (χ0) is 22.3. The number of amides is 2. The molecule has 0 aliphatic heterocycles. The molecule has 7 heteroatoms. The van der Waals surface area contributed by atoms with Gasteiger partial charge in [0.25, 0.3) is 5.91 Å². The molecule has 0 saturated carbocycles. The summed E-state index contributed by atoms with van der Waals surface area (Å²) in [6.45, 7) is 7.57. The van der Waals surface area contributed by atoms with E-state index >= 15 is 0 Å². The Labute approximate surface area is 188 Å². The largest absolute Gasteiger partial charge is 0.484 e. The molecule has 0 bridgehead atoms.